The molecule has 1 aliphatic heterocycles. The first-order chi connectivity index (χ1) is 12.6. The molecule has 5 nitrogen and oxygen atoms in total. The summed E-state index contributed by atoms with van der Waals surface area (Å²) in [6, 6.07) is 5.46. The lowest BCUT2D eigenvalue weighted by Crippen LogP contribution is -2.50. The topological polar surface area (TPSA) is 57.7 Å². The van der Waals surface area contributed by atoms with Gasteiger partial charge in [0.2, 0.25) is 0 Å². The Bertz CT molecular complexity index is 855. The molecular weight excluding hydrogens is 388 g/mol. The van der Waals surface area contributed by atoms with Crippen LogP contribution >= 0.6 is 22.7 Å². The van der Waals surface area contributed by atoms with E-state index in [2.05, 4.69) is 6.07 Å². The van der Waals surface area contributed by atoms with Gasteiger partial charge in [-0.05, 0) is 48.8 Å². The highest BCUT2D eigenvalue weighted by molar-refractivity contribution is 7.91. The van der Waals surface area contributed by atoms with Gasteiger partial charge in [-0.25, -0.2) is 8.42 Å². The van der Waals surface area contributed by atoms with Crippen LogP contribution < -0.4 is 0 Å². The van der Waals surface area contributed by atoms with E-state index in [0.717, 1.165) is 17.7 Å². The van der Waals surface area contributed by atoms with E-state index in [1.165, 1.54) is 45.3 Å². The largest absolute Gasteiger partial charge is 0.335 e. The lowest BCUT2D eigenvalue weighted by molar-refractivity contribution is 0.0703. The minimum absolute atomic E-state index is 0.0521. The Morgan fingerprint density at radius 2 is 1.81 bits per heavy atom. The van der Waals surface area contributed by atoms with Crippen molar-refractivity contribution in [3.8, 4) is 0 Å². The molecule has 2 aliphatic rings. The molecule has 2 aromatic heterocycles. The van der Waals surface area contributed by atoms with E-state index in [4.69, 9.17) is 0 Å². The van der Waals surface area contributed by atoms with E-state index in [9.17, 15) is 13.2 Å². The van der Waals surface area contributed by atoms with Gasteiger partial charge in [-0.3, -0.25) is 4.79 Å². The number of thiophene rings is 2. The van der Waals surface area contributed by atoms with Gasteiger partial charge in [0, 0.05) is 31.1 Å². The van der Waals surface area contributed by atoms with Crippen LogP contribution in [0.1, 0.15) is 39.4 Å². The summed E-state index contributed by atoms with van der Waals surface area (Å²) in [6.07, 6.45) is 5.84. The summed E-state index contributed by atoms with van der Waals surface area (Å²) in [5.41, 5.74) is 1.34. The molecule has 3 heterocycles. The van der Waals surface area contributed by atoms with Gasteiger partial charge < -0.3 is 4.90 Å². The van der Waals surface area contributed by atoms with E-state index < -0.39 is 10.0 Å². The number of hydrogen-bond acceptors (Lipinski definition) is 5. The van der Waals surface area contributed by atoms with Crippen molar-refractivity contribution in [2.45, 2.75) is 36.3 Å². The van der Waals surface area contributed by atoms with Crippen molar-refractivity contribution in [3.63, 3.8) is 0 Å². The third-order valence-electron chi connectivity index (χ3n) is 5.07. The first-order valence-corrected chi connectivity index (χ1v) is 12.1. The molecule has 0 atom stereocenters. The van der Waals surface area contributed by atoms with Crippen LogP contribution in [0.4, 0.5) is 0 Å². The molecular formula is C18H22N2O3S3. The molecule has 0 unspecified atom stereocenters. The zero-order chi connectivity index (χ0) is 18.1. The second-order valence-corrected chi connectivity index (χ2v) is 11.0. The minimum Gasteiger partial charge on any atom is -0.335 e. The average Bonchev–Trinajstić information content (AvgIpc) is 3.28. The Morgan fingerprint density at radius 3 is 2.54 bits per heavy atom. The van der Waals surface area contributed by atoms with Crippen LogP contribution in [-0.4, -0.2) is 49.7 Å². The Balaban J connectivity index is 1.43. The summed E-state index contributed by atoms with van der Waals surface area (Å²) < 4.78 is 27.1. The fourth-order valence-electron chi connectivity index (χ4n) is 3.60. The van der Waals surface area contributed by atoms with E-state index >= 15 is 0 Å². The number of carbonyl (C=O) groups excluding carboxylic acids is 1. The van der Waals surface area contributed by atoms with Gasteiger partial charge in [0.15, 0.2) is 0 Å². The first-order valence-electron chi connectivity index (χ1n) is 9.00. The van der Waals surface area contributed by atoms with Crippen molar-refractivity contribution in [1.82, 2.24) is 9.21 Å². The number of carbonyl (C=O) groups is 1. The molecule has 0 radical (unpaired) electrons. The van der Waals surface area contributed by atoms with E-state index in [1.807, 2.05) is 0 Å². The maximum atomic E-state index is 12.9. The third-order valence-corrected chi connectivity index (χ3v) is 9.57. The molecule has 8 heteroatoms. The van der Waals surface area contributed by atoms with Crippen LogP contribution in [0.5, 0.6) is 0 Å². The zero-order valence-corrected chi connectivity index (χ0v) is 17.0. The molecule has 1 amide bonds. The number of fused-ring (bicyclic) bond motifs is 1. The van der Waals surface area contributed by atoms with Crippen LogP contribution in [0.15, 0.2) is 27.8 Å². The predicted octanol–water partition coefficient (Wildman–Crippen LogP) is 3.23. The summed E-state index contributed by atoms with van der Waals surface area (Å²) in [5, 5.41) is 1.77. The molecule has 1 saturated heterocycles. The molecule has 140 valence electrons. The highest BCUT2D eigenvalue weighted by Crippen LogP contribution is 2.30. The SMILES string of the molecule is O=C(c1cc2c(s1)CCCCC2)N1CCN(S(=O)(=O)c2cccs2)CC1. The van der Waals surface area contributed by atoms with Crippen LogP contribution in [0.2, 0.25) is 0 Å². The molecule has 1 fully saturated rings. The molecule has 1 aliphatic carbocycles. The number of sulfonamides is 1. The zero-order valence-electron chi connectivity index (χ0n) is 14.5. The van der Waals surface area contributed by atoms with Crippen molar-refractivity contribution in [3.05, 3.63) is 38.9 Å². The number of rotatable bonds is 3. The molecule has 4 rings (SSSR count). The van der Waals surface area contributed by atoms with Crippen LogP contribution in [-0.2, 0) is 22.9 Å². The maximum Gasteiger partial charge on any atom is 0.264 e. The smallest absolute Gasteiger partial charge is 0.264 e. The number of nitrogens with zero attached hydrogens (tertiary/aromatic N) is 2. The van der Waals surface area contributed by atoms with Crippen LogP contribution in [0.25, 0.3) is 0 Å². The lowest BCUT2D eigenvalue weighted by Gasteiger charge is -2.33. The van der Waals surface area contributed by atoms with Gasteiger partial charge in [-0.15, -0.1) is 22.7 Å². The van der Waals surface area contributed by atoms with Crippen LogP contribution in [0, 0.1) is 0 Å². The van der Waals surface area contributed by atoms with Gasteiger partial charge in [0.1, 0.15) is 4.21 Å². The first kappa shape index (κ1) is 18.2. The molecule has 26 heavy (non-hydrogen) atoms. The van der Waals surface area contributed by atoms with Crippen molar-refractivity contribution in [1.29, 1.82) is 0 Å². The van der Waals surface area contributed by atoms with Gasteiger partial charge in [-0.2, -0.15) is 4.31 Å². The molecule has 0 aromatic carbocycles. The average molecular weight is 411 g/mol. The standard InChI is InChI=1S/C18H22N2O3S3/c21-18(16-13-14-5-2-1-3-6-15(14)25-16)19-8-10-20(11-9-19)26(22,23)17-7-4-12-24-17/h4,7,12-13H,1-3,5-6,8-11H2. The van der Waals surface area contributed by atoms with Gasteiger partial charge in [0.25, 0.3) is 15.9 Å². The number of piperazine rings is 1. The maximum absolute atomic E-state index is 12.9. The second kappa shape index (κ2) is 7.42. The quantitative estimate of drug-likeness (QED) is 0.730. The third kappa shape index (κ3) is 3.47. The number of hydrogen-bond donors (Lipinski definition) is 0. The van der Waals surface area contributed by atoms with Crippen molar-refractivity contribution < 1.29 is 13.2 Å². The molecule has 0 saturated carbocycles. The summed E-state index contributed by atoms with van der Waals surface area (Å²) in [4.78, 5) is 16.8. The Morgan fingerprint density at radius 1 is 1.04 bits per heavy atom. The Kier molecular flexibility index (Phi) is 5.18. The fraction of sp³-hybridized carbons (Fsp3) is 0.500. The summed E-state index contributed by atoms with van der Waals surface area (Å²) in [7, 11) is -3.42. The second-order valence-electron chi connectivity index (χ2n) is 6.75. The fourth-order valence-corrected chi connectivity index (χ4v) is 7.39. The van der Waals surface area contributed by atoms with Gasteiger partial charge >= 0.3 is 0 Å². The molecule has 0 spiro atoms. The predicted molar refractivity (Wildman–Crippen MR) is 105 cm³/mol. The van der Waals surface area contributed by atoms with Crippen molar-refractivity contribution in [2.24, 2.45) is 0 Å². The highest BCUT2D eigenvalue weighted by Gasteiger charge is 2.31. The van der Waals surface area contributed by atoms with Gasteiger partial charge in [0.05, 0.1) is 4.88 Å². The Labute approximate surface area is 162 Å². The van der Waals surface area contributed by atoms with E-state index in [-0.39, 0.29) is 5.91 Å². The van der Waals surface area contributed by atoms with E-state index in [1.54, 1.807) is 33.7 Å². The summed E-state index contributed by atoms with van der Waals surface area (Å²) in [5.74, 6) is 0.0521. The van der Waals surface area contributed by atoms with E-state index in [0.29, 0.717) is 30.4 Å². The monoisotopic (exact) mass is 410 g/mol. The lowest BCUT2D eigenvalue weighted by atomic mass is 10.1. The normalized spacial score (nSPS) is 19.2. The minimum atomic E-state index is -3.42. The van der Waals surface area contributed by atoms with Gasteiger partial charge in [-0.1, -0.05) is 12.5 Å². The molecule has 0 N–H and O–H groups in total. The highest BCUT2D eigenvalue weighted by atomic mass is 32.2. The number of amides is 1. The Hall–Kier alpha value is -1.22. The molecule has 0 bridgehead atoms. The molecule has 2 aromatic rings. The van der Waals surface area contributed by atoms with Crippen molar-refractivity contribution >= 4 is 38.6 Å². The number of aryl methyl sites for hydroxylation is 2. The van der Waals surface area contributed by atoms with Crippen LogP contribution in [0.3, 0.4) is 0 Å². The van der Waals surface area contributed by atoms with Crippen molar-refractivity contribution in [2.75, 3.05) is 26.2 Å². The summed E-state index contributed by atoms with van der Waals surface area (Å²) in [6.45, 7) is 1.62. The summed E-state index contributed by atoms with van der Waals surface area (Å²) >= 11 is 2.87.